The molecule has 0 N–H and O–H groups in total. The van der Waals surface area contributed by atoms with Gasteiger partial charge in [0, 0.05) is 30.3 Å². The van der Waals surface area contributed by atoms with Gasteiger partial charge in [-0.15, -0.1) is 0 Å². The summed E-state index contributed by atoms with van der Waals surface area (Å²) in [4.78, 5) is 19.7. The van der Waals surface area contributed by atoms with Crippen molar-refractivity contribution in [3.8, 4) is 11.3 Å². The van der Waals surface area contributed by atoms with E-state index in [1.165, 1.54) is 6.92 Å². The first-order valence-corrected chi connectivity index (χ1v) is 6.14. The standard InChI is InChI=1S/C14H10ClN3O/c1-9(19)18-8-11(10-4-2-3-5-13(10)18)12-6-7-16-14(15)17-12/h2-8H,1H3. The summed E-state index contributed by atoms with van der Waals surface area (Å²) in [6, 6.07) is 9.47. The van der Waals surface area contributed by atoms with Crippen LogP contribution in [0.2, 0.25) is 5.28 Å². The lowest BCUT2D eigenvalue weighted by molar-refractivity contribution is 0.0942. The first-order chi connectivity index (χ1) is 9.16. The zero-order valence-electron chi connectivity index (χ0n) is 10.2. The number of para-hydroxylation sites is 1. The van der Waals surface area contributed by atoms with Crippen molar-refractivity contribution >= 4 is 28.4 Å². The summed E-state index contributed by atoms with van der Waals surface area (Å²) in [5, 5.41) is 1.16. The van der Waals surface area contributed by atoms with Gasteiger partial charge in [0.2, 0.25) is 11.2 Å². The van der Waals surface area contributed by atoms with Crippen molar-refractivity contribution in [3.05, 3.63) is 48.0 Å². The van der Waals surface area contributed by atoms with E-state index in [1.807, 2.05) is 24.3 Å². The van der Waals surface area contributed by atoms with Gasteiger partial charge in [0.1, 0.15) is 0 Å². The van der Waals surface area contributed by atoms with Crippen molar-refractivity contribution in [1.29, 1.82) is 0 Å². The quantitative estimate of drug-likeness (QED) is 0.637. The minimum Gasteiger partial charge on any atom is -0.287 e. The largest absolute Gasteiger partial charge is 0.287 e. The molecule has 2 aromatic heterocycles. The zero-order valence-corrected chi connectivity index (χ0v) is 10.9. The Morgan fingerprint density at radius 1 is 1.26 bits per heavy atom. The van der Waals surface area contributed by atoms with E-state index in [1.54, 1.807) is 23.0 Å². The average Bonchev–Trinajstić information content (AvgIpc) is 2.78. The minimum absolute atomic E-state index is 0.0393. The van der Waals surface area contributed by atoms with Gasteiger partial charge in [-0.2, -0.15) is 0 Å². The molecular weight excluding hydrogens is 262 g/mol. The number of hydrogen-bond acceptors (Lipinski definition) is 3. The second-order valence-electron chi connectivity index (χ2n) is 4.16. The van der Waals surface area contributed by atoms with E-state index in [0.29, 0.717) is 5.69 Å². The van der Waals surface area contributed by atoms with Gasteiger partial charge in [-0.05, 0) is 23.7 Å². The van der Waals surface area contributed by atoms with E-state index < -0.39 is 0 Å². The van der Waals surface area contributed by atoms with Crippen LogP contribution in [0.15, 0.2) is 42.7 Å². The number of nitrogens with zero attached hydrogens (tertiary/aromatic N) is 3. The van der Waals surface area contributed by atoms with Gasteiger partial charge in [-0.3, -0.25) is 9.36 Å². The molecule has 0 saturated carbocycles. The number of aromatic nitrogens is 3. The summed E-state index contributed by atoms with van der Waals surface area (Å²) < 4.78 is 1.61. The van der Waals surface area contributed by atoms with Crippen LogP contribution < -0.4 is 0 Å². The van der Waals surface area contributed by atoms with Crippen LogP contribution in [0.5, 0.6) is 0 Å². The van der Waals surface area contributed by atoms with Gasteiger partial charge in [-0.25, -0.2) is 9.97 Å². The Morgan fingerprint density at radius 2 is 2.05 bits per heavy atom. The summed E-state index contributed by atoms with van der Waals surface area (Å²) in [5.74, 6) is -0.0393. The molecule has 2 heterocycles. The Labute approximate surface area is 114 Å². The van der Waals surface area contributed by atoms with Crippen LogP contribution in [0.1, 0.15) is 11.7 Å². The average molecular weight is 272 g/mol. The van der Waals surface area contributed by atoms with Crippen molar-refractivity contribution in [3.63, 3.8) is 0 Å². The van der Waals surface area contributed by atoms with E-state index in [4.69, 9.17) is 11.6 Å². The van der Waals surface area contributed by atoms with Gasteiger partial charge < -0.3 is 0 Å². The second-order valence-corrected chi connectivity index (χ2v) is 4.50. The summed E-state index contributed by atoms with van der Waals surface area (Å²) in [7, 11) is 0. The van der Waals surface area contributed by atoms with E-state index in [9.17, 15) is 4.79 Å². The smallest absolute Gasteiger partial charge is 0.227 e. The second kappa shape index (κ2) is 4.48. The summed E-state index contributed by atoms with van der Waals surface area (Å²) >= 11 is 5.82. The molecule has 3 aromatic rings. The van der Waals surface area contributed by atoms with Gasteiger partial charge in [-0.1, -0.05) is 18.2 Å². The van der Waals surface area contributed by atoms with E-state index in [-0.39, 0.29) is 11.2 Å². The van der Waals surface area contributed by atoms with Crippen LogP contribution >= 0.6 is 11.6 Å². The van der Waals surface area contributed by atoms with Crippen LogP contribution in [0.4, 0.5) is 0 Å². The highest BCUT2D eigenvalue weighted by Crippen LogP contribution is 2.29. The van der Waals surface area contributed by atoms with Crippen molar-refractivity contribution < 1.29 is 4.79 Å². The van der Waals surface area contributed by atoms with Gasteiger partial charge in [0.05, 0.1) is 11.2 Å². The molecule has 0 unspecified atom stereocenters. The number of fused-ring (bicyclic) bond motifs is 1. The maximum absolute atomic E-state index is 11.7. The molecule has 94 valence electrons. The highest BCUT2D eigenvalue weighted by molar-refractivity contribution is 6.28. The lowest BCUT2D eigenvalue weighted by Crippen LogP contribution is -2.02. The molecule has 1 aromatic carbocycles. The number of carbonyl (C=O) groups is 1. The maximum atomic E-state index is 11.7. The molecule has 3 rings (SSSR count). The van der Waals surface area contributed by atoms with E-state index in [0.717, 1.165) is 16.5 Å². The monoisotopic (exact) mass is 271 g/mol. The molecule has 0 amide bonds. The highest BCUT2D eigenvalue weighted by Gasteiger charge is 2.13. The molecular formula is C14H10ClN3O. The number of carbonyl (C=O) groups excluding carboxylic acids is 1. The molecule has 0 aliphatic carbocycles. The third-order valence-electron chi connectivity index (χ3n) is 2.95. The molecule has 4 nitrogen and oxygen atoms in total. The first-order valence-electron chi connectivity index (χ1n) is 5.77. The topological polar surface area (TPSA) is 47.8 Å². The summed E-state index contributed by atoms with van der Waals surface area (Å²) in [6.45, 7) is 1.53. The van der Waals surface area contributed by atoms with Crippen LogP contribution in [0.3, 0.4) is 0 Å². The molecule has 0 bridgehead atoms. The molecule has 0 aliphatic rings. The van der Waals surface area contributed by atoms with Crippen molar-refractivity contribution in [2.24, 2.45) is 0 Å². The fourth-order valence-electron chi connectivity index (χ4n) is 2.13. The molecule has 19 heavy (non-hydrogen) atoms. The highest BCUT2D eigenvalue weighted by atomic mass is 35.5. The molecule has 0 atom stereocenters. The predicted molar refractivity (Wildman–Crippen MR) is 74.3 cm³/mol. The molecule has 5 heteroatoms. The van der Waals surface area contributed by atoms with Gasteiger partial charge in [0.25, 0.3) is 0 Å². The number of hydrogen-bond donors (Lipinski definition) is 0. The Kier molecular flexibility index (Phi) is 2.80. The van der Waals surface area contributed by atoms with Crippen LogP contribution in [0, 0.1) is 0 Å². The lowest BCUT2D eigenvalue weighted by Gasteiger charge is -1.98. The van der Waals surface area contributed by atoms with E-state index >= 15 is 0 Å². The fourth-order valence-corrected chi connectivity index (χ4v) is 2.28. The van der Waals surface area contributed by atoms with Crippen molar-refractivity contribution in [2.75, 3.05) is 0 Å². The zero-order chi connectivity index (χ0) is 13.4. The van der Waals surface area contributed by atoms with E-state index in [2.05, 4.69) is 9.97 Å². The lowest BCUT2D eigenvalue weighted by atomic mass is 10.1. The van der Waals surface area contributed by atoms with Crippen molar-refractivity contribution in [2.45, 2.75) is 6.92 Å². The molecule has 0 spiro atoms. The first kappa shape index (κ1) is 11.9. The summed E-state index contributed by atoms with van der Waals surface area (Å²) in [6.07, 6.45) is 3.39. The van der Waals surface area contributed by atoms with Crippen LogP contribution in [0.25, 0.3) is 22.2 Å². The van der Waals surface area contributed by atoms with Gasteiger partial charge >= 0.3 is 0 Å². The Morgan fingerprint density at radius 3 is 2.79 bits per heavy atom. The van der Waals surface area contributed by atoms with Crippen LogP contribution in [-0.2, 0) is 0 Å². The molecule has 0 aliphatic heterocycles. The predicted octanol–water partition coefficient (Wildman–Crippen LogP) is 3.41. The number of rotatable bonds is 1. The Hall–Kier alpha value is -2.20. The molecule has 0 radical (unpaired) electrons. The third-order valence-corrected chi connectivity index (χ3v) is 3.14. The minimum atomic E-state index is -0.0393. The molecule has 0 fully saturated rings. The fraction of sp³-hybridized carbons (Fsp3) is 0.0714. The van der Waals surface area contributed by atoms with Gasteiger partial charge in [0.15, 0.2) is 0 Å². The Bertz CT molecular complexity index is 779. The number of benzene rings is 1. The Balaban J connectivity index is 2.33. The summed E-state index contributed by atoms with van der Waals surface area (Å²) in [5.41, 5.74) is 2.44. The van der Waals surface area contributed by atoms with Crippen LogP contribution in [-0.4, -0.2) is 20.4 Å². The normalized spacial score (nSPS) is 10.8. The van der Waals surface area contributed by atoms with Crippen molar-refractivity contribution in [1.82, 2.24) is 14.5 Å². The molecule has 0 saturated heterocycles. The maximum Gasteiger partial charge on any atom is 0.227 e. The third kappa shape index (κ3) is 2.00. The number of halogens is 1. The SMILES string of the molecule is CC(=O)n1cc(-c2ccnc(Cl)n2)c2ccccc21.